The number of ether oxygens (including phenoxy) is 1. The molecular weight excluding hydrogens is 324 g/mol. The minimum atomic E-state index is -0.877. The second kappa shape index (κ2) is 7.13. The summed E-state index contributed by atoms with van der Waals surface area (Å²) in [6.07, 6.45) is 5.12. The first kappa shape index (κ1) is 16.6. The number of amides is 1. The van der Waals surface area contributed by atoms with Crippen molar-refractivity contribution in [2.24, 2.45) is 0 Å². The maximum absolute atomic E-state index is 12.3. The van der Waals surface area contributed by atoms with Gasteiger partial charge in [0, 0.05) is 11.1 Å². The third kappa shape index (κ3) is 3.64. The van der Waals surface area contributed by atoms with Gasteiger partial charge >= 0.3 is 5.97 Å². The van der Waals surface area contributed by atoms with Gasteiger partial charge in [0.2, 0.25) is 0 Å². The van der Waals surface area contributed by atoms with Crippen LogP contribution in [0.4, 0.5) is 5.82 Å². The average Bonchev–Trinajstić information content (AvgIpc) is 3.01. The SMILES string of the molecule is Cc1cccnc1NC(=O)C(C)OC(=O)c1cc2c(s1)CCCC2. The first-order chi connectivity index (χ1) is 11.5. The van der Waals surface area contributed by atoms with Gasteiger partial charge in [0.1, 0.15) is 10.7 Å². The lowest BCUT2D eigenvalue weighted by Gasteiger charge is -2.13. The van der Waals surface area contributed by atoms with E-state index in [2.05, 4.69) is 10.3 Å². The highest BCUT2D eigenvalue weighted by molar-refractivity contribution is 7.14. The molecule has 0 spiro atoms. The molecule has 6 heteroatoms. The highest BCUT2D eigenvalue weighted by Crippen LogP contribution is 2.30. The summed E-state index contributed by atoms with van der Waals surface area (Å²) in [5, 5.41) is 2.69. The lowest BCUT2D eigenvalue weighted by Crippen LogP contribution is -2.30. The first-order valence-electron chi connectivity index (χ1n) is 8.09. The number of anilines is 1. The fourth-order valence-electron chi connectivity index (χ4n) is 2.70. The highest BCUT2D eigenvalue weighted by Gasteiger charge is 2.23. The highest BCUT2D eigenvalue weighted by atomic mass is 32.1. The third-order valence-electron chi connectivity index (χ3n) is 4.10. The Morgan fingerprint density at radius 1 is 1.33 bits per heavy atom. The molecule has 0 aliphatic heterocycles. The standard InChI is InChI=1S/C18H20N2O3S/c1-11-6-5-9-19-16(11)20-17(21)12(2)23-18(22)15-10-13-7-3-4-8-14(13)24-15/h5-6,9-10,12H,3-4,7-8H2,1-2H3,(H,19,20,21). The van der Waals surface area contributed by atoms with E-state index in [-0.39, 0.29) is 5.91 Å². The number of aryl methyl sites for hydroxylation is 3. The van der Waals surface area contributed by atoms with Crippen molar-refractivity contribution in [3.8, 4) is 0 Å². The molecule has 0 fully saturated rings. The van der Waals surface area contributed by atoms with E-state index in [9.17, 15) is 9.59 Å². The van der Waals surface area contributed by atoms with E-state index < -0.39 is 12.1 Å². The van der Waals surface area contributed by atoms with Crippen molar-refractivity contribution in [3.63, 3.8) is 0 Å². The molecule has 126 valence electrons. The Morgan fingerprint density at radius 3 is 2.88 bits per heavy atom. The van der Waals surface area contributed by atoms with E-state index in [1.54, 1.807) is 19.2 Å². The zero-order chi connectivity index (χ0) is 17.1. The Hall–Kier alpha value is -2.21. The van der Waals surface area contributed by atoms with Crippen LogP contribution in [-0.2, 0) is 22.4 Å². The molecule has 24 heavy (non-hydrogen) atoms. The monoisotopic (exact) mass is 344 g/mol. The summed E-state index contributed by atoms with van der Waals surface area (Å²) in [6.45, 7) is 3.43. The number of aromatic nitrogens is 1. The molecule has 5 nitrogen and oxygen atoms in total. The van der Waals surface area contributed by atoms with Crippen LogP contribution in [0, 0.1) is 6.92 Å². The van der Waals surface area contributed by atoms with Crippen LogP contribution >= 0.6 is 11.3 Å². The van der Waals surface area contributed by atoms with Gasteiger partial charge in [0.05, 0.1) is 0 Å². The molecular formula is C18H20N2O3S. The smallest absolute Gasteiger partial charge is 0.349 e. The van der Waals surface area contributed by atoms with Crippen molar-refractivity contribution >= 4 is 29.0 Å². The van der Waals surface area contributed by atoms with Crippen molar-refractivity contribution in [1.82, 2.24) is 4.98 Å². The van der Waals surface area contributed by atoms with Gasteiger partial charge in [-0.2, -0.15) is 0 Å². The van der Waals surface area contributed by atoms with Crippen LogP contribution in [0.3, 0.4) is 0 Å². The van der Waals surface area contributed by atoms with E-state index in [1.165, 1.54) is 34.6 Å². The van der Waals surface area contributed by atoms with Crippen LogP contribution in [-0.4, -0.2) is 23.0 Å². The van der Waals surface area contributed by atoms with Crippen LogP contribution in [0.15, 0.2) is 24.4 Å². The van der Waals surface area contributed by atoms with E-state index in [0.717, 1.165) is 18.4 Å². The Morgan fingerprint density at radius 2 is 2.12 bits per heavy atom. The molecule has 1 amide bonds. The largest absolute Gasteiger partial charge is 0.448 e. The molecule has 0 aromatic carbocycles. The van der Waals surface area contributed by atoms with E-state index in [4.69, 9.17) is 4.74 Å². The summed E-state index contributed by atoms with van der Waals surface area (Å²) >= 11 is 1.48. The van der Waals surface area contributed by atoms with Crippen molar-refractivity contribution in [2.45, 2.75) is 45.6 Å². The van der Waals surface area contributed by atoms with Gasteiger partial charge in [-0.15, -0.1) is 11.3 Å². The summed E-state index contributed by atoms with van der Waals surface area (Å²) in [7, 11) is 0. The summed E-state index contributed by atoms with van der Waals surface area (Å²) < 4.78 is 5.32. The Bertz CT molecular complexity index is 746. The number of fused-ring (bicyclic) bond motifs is 1. The maximum Gasteiger partial charge on any atom is 0.349 e. The molecule has 0 saturated carbocycles. The summed E-state index contributed by atoms with van der Waals surface area (Å²) in [5.41, 5.74) is 2.11. The van der Waals surface area contributed by atoms with Gasteiger partial charge in [-0.05, 0) is 62.8 Å². The Kier molecular flexibility index (Phi) is 4.94. The summed E-state index contributed by atoms with van der Waals surface area (Å²) in [4.78, 5) is 30.5. The summed E-state index contributed by atoms with van der Waals surface area (Å²) in [6, 6.07) is 5.57. The number of hydrogen-bond donors (Lipinski definition) is 1. The van der Waals surface area contributed by atoms with Gasteiger partial charge in [0.15, 0.2) is 6.10 Å². The van der Waals surface area contributed by atoms with Gasteiger partial charge in [-0.3, -0.25) is 4.79 Å². The number of rotatable bonds is 4. The molecule has 0 bridgehead atoms. The topological polar surface area (TPSA) is 68.3 Å². The molecule has 1 aliphatic carbocycles. The zero-order valence-corrected chi connectivity index (χ0v) is 14.6. The first-order valence-corrected chi connectivity index (χ1v) is 8.91. The van der Waals surface area contributed by atoms with Crippen LogP contribution < -0.4 is 5.32 Å². The van der Waals surface area contributed by atoms with E-state index in [0.29, 0.717) is 10.7 Å². The van der Waals surface area contributed by atoms with Crippen LogP contribution in [0.5, 0.6) is 0 Å². The predicted molar refractivity (Wildman–Crippen MR) is 93.4 cm³/mol. The minimum absolute atomic E-state index is 0.383. The van der Waals surface area contributed by atoms with Gasteiger partial charge in [-0.25, -0.2) is 9.78 Å². The third-order valence-corrected chi connectivity index (χ3v) is 5.32. The van der Waals surface area contributed by atoms with Crippen LogP contribution in [0.1, 0.15) is 45.4 Å². The van der Waals surface area contributed by atoms with Crippen molar-refractivity contribution in [3.05, 3.63) is 45.3 Å². The second-order valence-electron chi connectivity index (χ2n) is 5.97. The van der Waals surface area contributed by atoms with Crippen molar-refractivity contribution < 1.29 is 14.3 Å². The Balaban J connectivity index is 1.62. The fourth-order valence-corrected chi connectivity index (χ4v) is 3.83. The number of nitrogens with zero attached hydrogens (tertiary/aromatic N) is 1. The minimum Gasteiger partial charge on any atom is -0.448 e. The molecule has 1 N–H and O–H groups in total. The van der Waals surface area contributed by atoms with Crippen LogP contribution in [0.2, 0.25) is 0 Å². The average molecular weight is 344 g/mol. The van der Waals surface area contributed by atoms with Gasteiger partial charge < -0.3 is 10.1 Å². The van der Waals surface area contributed by atoms with Gasteiger partial charge in [0.25, 0.3) is 5.91 Å². The number of thiophene rings is 1. The van der Waals surface area contributed by atoms with Crippen molar-refractivity contribution in [2.75, 3.05) is 5.32 Å². The predicted octanol–water partition coefficient (Wildman–Crippen LogP) is 3.51. The molecule has 0 saturated heterocycles. The normalized spacial score (nSPS) is 14.6. The Labute approximate surface area is 145 Å². The number of esters is 1. The molecule has 1 unspecified atom stereocenters. The molecule has 0 radical (unpaired) electrons. The molecule has 1 atom stereocenters. The van der Waals surface area contributed by atoms with E-state index >= 15 is 0 Å². The number of carbonyl (C=O) groups excluding carboxylic acids is 2. The summed E-state index contributed by atoms with van der Waals surface area (Å²) in [5.74, 6) is -0.335. The molecule has 3 rings (SSSR count). The lowest BCUT2D eigenvalue weighted by atomic mass is 9.99. The quantitative estimate of drug-likeness (QED) is 0.862. The van der Waals surface area contributed by atoms with Crippen LogP contribution in [0.25, 0.3) is 0 Å². The number of carbonyl (C=O) groups is 2. The maximum atomic E-state index is 12.3. The lowest BCUT2D eigenvalue weighted by molar-refractivity contribution is -0.123. The molecule has 1 aliphatic rings. The number of nitrogens with one attached hydrogen (secondary N) is 1. The number of pyridine rings is 1. The van der Waals surface area contributed by atoms with E-state index in [1.807, 2.05) is 19.1 Å². The number of hydrogen-bond acceptors (Lipinski definition) is 5. The van der Waals surface area contributed by atoms with Crippen molar-refractivity contribution in [1.29, 1.82) is 0 Å². The van der Waals surface area contributed by atoms with Gasteiger partial charge in [-0.1, -0.05) is 6.07 Å². The molecule has 2 aromatic rings. The second-order valence-corrected chi connectivity index (χ2v) is 7.11. The molecule has 2 heterocycles. The molecule has 2 aromatic heterocycles. The fraction of sp³-hybridized carbons (Fsp3) is 0.389. The zero-order valence-electron chi connectivity index (χ0n) is 13.8.